The zero-order chi connectivity index (χ0) is 19.9. The number of amides is 1. The maximum Gasteiger partial charge on any atom is 0.251 e. The van der Waals surface area contributed by atoms with Gasteiger partial charge in [0.05, 0.1) is 14.2 Å². The highest BCUT2D eigenvalue weighted by molar-refractivity contribution is 9.10. The molecule has 1 aliphatic heterocycles. The number of carbonyl (C=O) groups is 1. The normalized spacial score (nSPS) is 14.5. The van der Waals surface area contributed by atoms with Crippen molar-refractivity contribution in [1.82, 2.24) is 10.2 Å². The SMILES string of the molecule is COc1cc(C(=O)NCc2ccc(CN3CCCCC3)cc2)cc(OC)c1Br. The third-order valence-corrected chi connectivity index (χ3v) is 5.82. The number of likely N-dealkylation sites (tertiary alicyclic amines) is 1. The van der Waals surface area contributed by atoms with E-state index in [1.165, 1.54) is 37.9 Å². The van der Waals surface area contributed by atoms with Crippen LogP contribution in [0.3, 0.4) is 0 Å². The van der Waals surface area contributed by atoms with Gasteiger partial charge in [-0.15, -0.1) is 0 Å². The summed E-state index contributed by atoms with van der Waals surface area (Å²) < 4.78 is 11.3. The Balaban J connectivity index is 1.58. The summed E-state index contributed by atoms with van der Waals surface area (Å²) in [6.07, 6.45) is 3.96. The Bertz CT molecular complexity index is 777. The van der Waals surface area contributed by atoms with Crippen LogP contribution in [0.5, 0.6) is 11.5 Å². The molecule has 5 nitrogen and oxygen atoms in total. The van der Waals surface area contributed by atoms with Gasteiger partial charge in [0, 0.05) is 18.7 Å². The standard InChI is InChI=1S/C22H27BrN2O3/c1-27-19-12-18(13-20(28-2)21(19)23)22(26)24-14-16-6-8-17(9-7-16)15-25-10-4-3-5-11-25/h6-9,12-13H,3-5,10-11,14-15H2,1-2H3,(H,24,26). The number of piperidine rings is 1. The molecule has 6 heteroatoms. The number of methoxy groups -OCH3 is 2. The first-order valence-corrected chi connectivity index (χ1v) is 10.4. The molecule has 1 N–H and O–H groups in total. The van der Waals surface area contributed by atoms with Crippen LogP contribution in [0.4, 0.5) is 0 Å². The molecule has 1 saturated heterocycles. The van der Waals surface area contributed by atoms with Crippen molar-refractivity contribution in [2.45, 2.75) is 32.4 Å². The van der Waals surface area contributed by atoms with Crippen molar-refractivity contribution >= 4 is 21.8 Å². The van der Waals surface area contributed by atoms with Gasteiger partial charge in [-0.05, 0) is 65.1 Å². The summed E-state index contributed by atoms with van der Waals surface area (Å²) in [5.74, 6) is 0.958. The fourth-order valence-corrected chi connectivity index (χ4v) is 3.98. The second kappa shape index (κ2) is 9.94. The smallest absolute Gasteiger partial charge is 0.251 e. The first-order valence-electron chi connectivity index (χ1n) is 9.60. The molecular weight excluding hydrogens is 420 g/mol. The molecule has 0 radical (unpaired) electrons. The first-order chi connectivity index (χ1) is 13.6. The van der Waals surface area contributed by atoms with Gasteiger partial charge in [-0.2, -0.15) is 0 Å². The Kier molecular flexibility index (Phi) is 7.34. The second-order valence-electron chi connectivity index (χ2n) is 7.03. The van der Waals surface area contributed by atoms with Gasteiger partial charge in [-0.1, -0.05) is 30.7 Å². The Hall–Kier alpha value is -2.05. The molecule has 0 bridgehead atoms. The molecule has 0 unspecified atom stereocenters. The van der Waals surface area contributed by atoms with E-state index in [-0.39, 0.29) is 5.91 Å². The molecule has 0 atom stereocenters. The molecule has 0 spiro atoms. The zero-order valence-electron chi connectivity index (χ0n) is 16.5. The molecule has 1 heterocycles. The van der Waals surface area contributed by atoms with Crippen LogP contribution in [-0.4, -0.2) is 38.1 Å². The van der Waals surface area contributed by atoms with Gasteiger partial charge in [0.1, 0.15) is 16.0 Å². The monoisotopic (exact) mass is 446 g/mol. The van der Waals surface area contributed by atoms with Gasteiger partial charge >= 0.3 is 0 Å². The molecule has 0 saturated carbocycles. The number of rotatable bonds is 7. The summed E-state index contributed by atoms with van der Waals surface area (Å²) in [6.45, 7) is 3.87. The fraction of sp³-hybridized carbons (Fsp3) is 0.409. The van der Waals surface area contributed by atoms with E-state index in [4.69, 9.17) is 9.47 Å². The number of ether oxygens (including phenoxy) is 2. The largest absolute Gasteiger partial charge is 0.495 e. The predicted octanol–water partition coefficient (Wildman–Crippen LogP) is 4.38. The molecule has 0 aromatic heterocycles. The van der Waals surface area contributed by atoms with E-state index in [1.54, 1.807) is 26.4 Å². The van der Waals surface area contributed by atoms with E-state index in [0.29, 0.717) is 28.1 Å². The van der Waals surface area contributed by atoms with Crippen molar-refractivity contribution in [2.24, 2.45) is 0 Å². The average molecular weight is 447 g/mol. The molecule has 2 aromatic carbocycles. The average Bonchev–Trinajstić information content (AvgIpc) is 2.74. The highest BCUT2D eigenvalue weighted by atomic mass is 79.9. The summed E-state index contributed by atoms with van der Waals surface area (Å²) in [7, 11) is 3.12. The maximum atomic E-state index is 12.6. The molecule has 28 heavy (non-hydrogen) atoms. The minimum atomic E-state index is -0.165. The highest BCUT2D eigenvalue weighted by Crippen LogP contribution is 2.35. The van der Waals surface area contributed by atoms with E-state index in [9.17, 15) is 4.79 Å². The van der Waals surface area contributed by atoms with Gasteiger partial charge in [-0.3, -0.25) is 9.69 Å². The minimum absolute atomic E-state index is 0.165. The van der Waals surface area contributed by atoms with Crippen LogP contribution in [0.15, 0.2) is 40.9 Å². The van der Waals surface area contributed by atoms with Crippen LogP contribution in [0.1, 0.15) is 40.7 Å². The van der Waals surface area contributed by atoms with Gasteiger partial charge in [-0.25, -0.2) is 0 Å². The summed E-state index contributed by atoms with van der Waals surface area (Å²) in [5.41, 5.74) is 2.89. The topological polar surface area (TPSA) is 50.8 Å². The van der Waals surface area contributed by atoms with Crippen LogP contribution >= 0.6 is 15.9 Å². The molecule has 1 aliphatic rings. The third kappa shape index (κ3) is 5.26. The van der Waals surface area contributed by atoms with Crippen LogP contribution in [0, 0.1) is 0 Å². The highest BCUT2D eigenvalue weighted by Gasteiger charge is 2.15. The van der Waals surface area contributed by atoms with E-state index in [0.717, 1.165) is 12.1 Å². The van der Waals surface area contributed by atoms with Crippen LogP contribution in [0.2, 0.25) is 0 Å². The van der Waals surface area contributed by atoms with E-state index < -0.39 is 0 Å². The van der Waals surface area contributed by atoms with Crippen molar-refractivity contribution in [2.75, 3.05) is 27.3 Å². The molecule has 1 fully saturated rings. The van der Waals surface area contributed by atoms with Gasteiger partial charge in [0.2, 0.25) is 0 Å². The number of benzene rings is 2. The number of carbonyl (C=O) groups excluding carboxylic acids is 1. The molecule has 150 valence electrons. The van der Waals surface area contributed by atoms with Crippen LogP contribution in [0.25, 0.3) is 0 Å². The van der Waals surface area contributed by atoms with Gasteiger partial charge in [0.15, 0.2) is 0 Å². The van der Waals surface area contributed by atoms with Crippen LogP contribution in [-0.2, 0) is 13.1 Å². The first kappa shape index (κ1) is 20.7. The Morgan fingerprint density at radius 2 is 1.57 bits per heavy atom. The van der Waals surface area contributed by atoms with E-state index >= 15 is 0 Å². The number of halogens is 1. The number of nitrogens with one attached hydrogen (secondary N) is 1. The number of hydrogen-bond donors (Lipinski definition) is 1. The Labute approximate surface area is 175 Å². The Morgan fingerprint density at radius 1 is 1.00 bits per heavy atom. The third-order valence-electron chi connectivity index (χ3n) is 5.04. The maximum absolute atomic E-state index is 12.6. The lowest BCUT2D eigenvalue weighted by molar-refractivity contribution is 0.0950. The minimum Gasteiger partial charge on any atom is -0.495 e. The molecule has 3 rings (SSSR count). The summed E-state index contributed by atoms with van der Waals surface area (Å²) in [4.78, 5) is 15.1. The van der Waals surface area contributed by atoms with E-state index in [2.05, 4.69) is 50.4 Å². The number of hydrogen-bond acceptors (Lipinski definition) is 4. The molecular formula is C22H27BrN2O3. The molecule has 2 aromatic rings. The van der Waals surface area contributed by atoms with Crippen molar-refractivity contribution < 1.29 is 14.3 Å². The van der Waals surface area contributed by atoms with Crippen molar-refractivity contribution in [1.29, 1.82) is 0 Å². The van der Waals surface area contributed by atoms with Crippen LogP contribution < -0.4 is 14.8 Å². The molecule has 1 amide bonds. The van der Waals surface area contributed by atoms with E-state index in [1.807, 2.05) is 0 Å². The quantitative estimate of drug-likeness (QED) is 0.685. The number of nitrogens with zero attached hydrogens (tertiary/aromatic N) is 1. The summed E-state index contributed by atoms with van der Waals surface area (Å²) >= 11 is 3.42. The predicted molar refractivity (Wildman–Crippen MR) is 114 cm³/mol. The zero-order valence-corrected chi connectivity index (χ0v) is 18.0. The van der Waals surface area contributed by atoms with Crippen molar-refractivity contribution in [3.05, 3.63) is 57.6 Å². The lowest BCUT2D eigenvalue weighted by atomic mass is 10.1. The Morgan fingerprint density at radius 3 is 2.14 bits per heavy atom. The summed E-state index contributed by atoms with van der Waals surface area (Å²) in [5, 5.41) is 2.96. The van der Waals surface area contributed by atoms with Gasteiger partial charge in [0.25, 0.3) is 5.91 Å². The summed E-state index contributed by atoms with van der Waals surface area (Å²) in [6, 6.07) is 11.9. The van der Waals surface area contributed by atoms with Crippen molar-refractivity contribution in [3.8, 4) is 11.5 Å². The van der Waals surface area contributed by atoms with Gasteiger partial charge < -0.3 is 14.8 Å². The lowest BCUT2D eigenvalue weighted by Gasteiger charge is -2.26. The lowest BCUT2D eigenvalue weighted by Crippen LogP contribution is -2.29. The van der Waals surface area contributed by atoms with Crippen molar-refractivity contribution in [3.63, 3.8) is 0 Å². The molecule has 0 aliphatic carbocycles. The second-order valence-corrected chi connectivity index (χ2v) is 7.82. The fourth-order valence-electron chi connectivity index (χ4n) is 3.42.